The number of benzene rings is 2. The number of anilines is 1. The van der Waals surface area contributed by atoms with E-state index in [4.69, 9.17) is 18.8 Å². The number of nitrogens with zero attached hydrogens (tertiary/aromatic N) is 3. The van der Waals surface area contributed by atoms with Crippen molar-refractivity contribution in [1.29, 1.82) is 0 Å². The highest BCUT2D eigenvalue weighted by atomic mass is 19.4. The summed E-state index contributed by atoms with van der Waals surface area (Å²) in [7, 11) is 0. The van der Waals surface area contributed by atoms with Crippen LogP contribution in [-0.2, 0) is 20.9 Å². The van der Waals surface area contributed by atoms with Gasteiger partial charge in [-0.1, -0.05) is 17.3 Å². The summed E-state index contributed by atoms with van der Waals surface area (Å²) < 4.78 is 69.2. The Hall–Kier alpha value is -4.35. The summed E-state index contributed by atoms with van der Waals surface area (Å²) in [5.41, 5.74) is 2.41. The Morgan fingerprint density at radius 2 is 1.73 bits per heavy atom. The molecule has 2 atom stereocenters. The molecule has 2 bridgehead atoms. The molecule has 0 aliphatic heterocycles. The lowest BCUT2D eigenvalue weighted by atomic mass is 9.82. The Bertz CT molecular complexity index is 1650. The molecule has 0 spiro atoms. The topological polar surface area (TPSA) is 116 Å². The van der Waals surface area contributed by atoms with Gasteiger partial charge in [0.2, 0.25) is 0 Å². The average Bonchev–Trinajstić information content (AvgIpc) is 3.70. The number of para-hydroxylation sites is 1. The maximum absolute atomic E-state index is 13.5. The van der Waals surface area contributed by atoms with Crippen molar-refractivity contribution in [3.63, 3.8) is 0 Å². The SMILES string of the molecule is Fc1ccc2nc(NC3C4CCC3CC(OCc3c(-c5ccccc5OC(F)(F)F)noc3C3CC3)C4)cnc2c1.O=C=O. The van der Waals surface area contributed by atoms with Crippen LogP contribution in [0.2, 0.25) is 0 Å². The van der Waals surface area contributed by atoms with Crippen LogP contribution in [0.5, 0.6) is 5.75 Å². The molecule has 3 fully saturated rings. The van der Waals surface area contributed by atoms with Crippen LogP contribution in [0.3, 0.4) is 0 Å². The fraction of sp³-hybridized carbons (Fsp3) is 0.419. The van der Waals surface area contributed by atoms with E-state index >= 15 is 0 Å². The number of halogens is 4. The Kier molecular flexibility index (Phi) is 8.33. The lowest BCUT2D eigenvalue weighted by Gasteiger charge is -2.36. The van der Waals surface area contributed by atoms with Gasteiger partial charge in [-0.25, -0.2) is 9.37 Å². The van der Waals surface area contributed by atoms with Crippen LogP contribution >= 0.6 is 0 Å². The van der Waals surface area contributed by atoms with Crippen molar-refractivity contribution in [1.82, 2.24) is 15.1 Å². The molecule has 2 aromatic heterocycles. The van der Waals surface area contributed by atoms with Gasteiger partial charge >= 0.3 is 12.5 Å². The zero-order chi connectivity index (χ0) is 30.8. The van der Waals surface area contributed by atoms with E-state index in [0.717, 1.165) is 38.5 Å². The summed E-state index contributed by atoms with van der Waals surface area (Å²) in [5.74, 6) is 1.68. The van der Waals surface area contributed by atoms with Crippen molar-refractivity contribution in [2.75, 3.05) is 5.32 Å². The number of ether oxygens (including phenoxy) is 2. The number of nitrogens with one attached hydrogen (secondary N) is 1. The molecule has 0 saturated heterocycles. The minimum absolute atomic E-state index is 0.00712. The van der Waals surface area contributed by atoms with Gasteiger partial charge in [0, 0.05) is 29.2 Å². The van der Waals surface area contributed by atoms with Crippen molar-refractivity contribution >= 4 is 23.0 Å². The largest absolute Gasteiger partial charge is 0.573 e. The van der Waals surface area contributed by atoms with Crippen molar-refractivity contribution in [2.24, 2.45) is 11.8 Å². The Labute approximate surface area is 248 Å². The monoisotopic (exact) mass is 612 g/mol. The molecule has 0 radical (unpaired) electrons. The molecule has 0 amide bonds. The van der Waals surface area contributed by atoms with Crippen molar-refractivity contribution < 1.29 is 41.1 Å². The smallest absolute Gasteiger partial charge is 0.405 e. The quantitative estimate of drug-likeness (QED) is 0.214. The maximum atomic E-state index is 13.5. The number of aromatic nitrogens is 3. The van der Waals surface area contributed by atoms with Gasteiger partial charge in [-0.05, 0) is 74.6 Å². The predicted molar refractivity (Wildman–Crippen MR) is 147 cm³/mol. The van der Waals surface area contributed by atoms with Crippen molar-refractivity contribution in [2.45, 2.75) is 69.6 Å². The van der Waals surface area contributed by atoms with Gasteiger partial charge in [0.15, 0.2) is 0 Å². The molecule has 3 aliphatic rings. The molecule has 3 saturated carbocycles. The van der Waals surface area contributed by atoms with Crippen LogP contribution in [0.4, 0.5) is 23.4 Å². The van der Waals surface area contributed by atoms with E-state index in [1.54, 1.807) is 24.4 Å². The molecule has 44 heavy (non-hydrogen) atoms. The normalized spacial score (nSPS) is 22.6. The number of rotatable bonds is 8. The van der Waals surface area contributed by atoms with Crippen LogP contribution in [-0.4, -0.2) is 39.8 Å². The van der Waals surface area contributed by atoms with E-state index in [0.29, 0.717) is 45.7 Å². The third-order valence-electron chi connectivity index (χ3n) is 8.47. The molecule has 2 aromatic carbocycles. The zero-order valence-electron chi connectivity index (χ0n) is 23.4. The molecule has 1 N–H and O–H groups in total. The summed E-state index contributed by atoms with van der Waals surface area (Å²) in [5, 5.41) is 7.76. The molecule has 230 valence electrons. The number of hydrogen-bond acceptors (Lipinski definition) is 9. The Morgan fingerprint density at radius 3 is 2.43 bits per heavy atom. The van der Waals surface area contributed by atoms with Crippen molar-refractivity contribution in [3.8, 4) is 17.0 Å². The van der Waals surface area contributed by atoms with Gasteiger partial charge < -0.3 is 19.3 Å². The second kappa shape index (κ2) is 12.3. The predicted octanol–water partition coefficient (Wildman–Crippen LogP) is 6.80. The summed E-state index contributed by atoms with van der Waals surface area (Å²) in [6.07, 6.45) is 2.85. The van der Waals surface area contributed by atoms with Crippen LogP contribution in [0.1, 0.15) is 55.8 Å². The van der Waals surface area contributed by atoms with E-state index in [1.807, 2.05) is 0 Å². The fourth-order valence-electron chi connectivity index (χ4n) is 6.49. The van der Waals surface area contributed by atoms with Gasteiger partial charge in [-0.2, -0.15) is 9.59 Å². The number of fused-ring (bicyclic) bond motifs is 3. The van der Waals surface area contributed by atoms with E-state index in [2.05, 4.69) is 25.2 Å². The first-order valence-electron chi connectivity index (χ1n) is 14.4. The van der Waals surface area contributed by atoms with Gasteiger partial charge in [-0.15, -0.1) is 13.2 Å². The zero-order valence-corrected chi connectivity index (χ0v) is 23.4. The summed E-state index contributed by atoms with van der Waals surface area (Å²) in [4.78, 5) is 25.2. The molecule has 3 aliphatic carbocycles. The Balaban J connectivity index is 0.00000110. The molecule has 9 nitrogen and oxygen atoms in total. The second-order valence-electron chi connectivity index (χ2n) is 11.3. The summed E-state index contributed by atoms with van der Waals surface area (Å²) in [6, 6.07) is 10.6. The highest BCUT2D eigenvalue weighted by Crippen LogP contribution is 2.47. The van der Waals surface area contributed by atoms with Crippen LogP contribution < -0.4 is 10.1 Å². The fourth-order valence-corrected chi connectivity index (χ4v) is 6.49. The Morgan fingerprint density at radius 1 is 1.00 bits per heavy atom. The third-order valence-corrected chi connectivity index (χ3v) is 8.47. The van der Waals surface area contributed by atoms with Gasteiger partial charge in [-0.3, -0.25) is 4.98 Å². The van der Waals surface area contributed by atoms with Gasteiger partial charge in [0.25, 0.3) is 0 Å². The molecular formula is C31H28F4N4O5. The summed E-state index contributed by atoms with van der Waals surface area (Å²) in [6.45, 7) is 0.208. The van der Waals surface area contributed by atoms with E-state index < -0.39 is 6.36 Å². The lowest BCUT2D eigenvalue weighted by Crippen LogP contribution is -2.39. The van der Waals surface area contributed by atoms with Crippen LogP contribution in [0, 0.1) is 17.7 Å². The van der Waals surface area contributed by atoms with E-state index in [1.165, 1.54) is 24.3 Å². The molecule has 7 rings (SSSR count). The van der Waals surface area contributed by atoms with Crippen LogP contribution in [0.25, 0.3) is 22.3 Å². The van der Waals surface area contributed by atoms with Crippen molar-refractivity contribution in [3.05, 3.63) is 65.8 Å². The maximum Gasteiger partial charge on any atom is 0.573 e. The van der Waals surface area contributed by atoms with E-state index in [9.17, 15) is 17.6 Å². The molecule has 2 heterocycles. The van der Waals surface area contributed by atoms with Gasteiger partial charge in [0.05, 0.1) is 29.9 Å². The second-order valence-corrected chi connectivity index (χ2v) is 11.3. The first kappa shape index (κ1) is 29.7. The molecule has 13 heteroatoms. The minimum atomic E-state index is -4.82. The lowest BCUT2D eigenvalue weighted by molar-refractivity contribution is -0.274. The minimum Gasteiger partial charge on any atom is -0.405 e. The first-order valence-corrected chi connectivity index (χ1v) is 14.4. The summed E-state index contributed by atoms with van der Waals surface area (Å²) >= 11 is 0. The molecule has 4 aromatic rings. The number of carbonyl (C=O) groups excluding carboxylic acids is 2. The highest BCUT2D eigenvalue weighted by Gasteiger charge is 2.44. The average molecular weight is 613 g/mol. The third kappa shape index (κ3) is 6.58. The molecular weight excluding hydrogens is 584 g/mol. The van der Waals surface area contributed by atoms with Gasteiger partial charge in [0.1, 0.15) is 28.8 Å². The standard InChI is InChI=1S/C30H28F4N4O3.CO2/c31-19-9-10-23-24(13-19)35-14-26(36-23)37-27-17-7-8-18(27)12-20(11-17)39-15-22-28(38-41-29(22)16-5-6-16)21-3-1-2-4-25(21)40-30(32,33)34;2-1-3/h1-4,9-10,13-14,16-18,20,27H,5-8,11-12,15H2,(H,36,37);. The molecule has 2 unspecified atom stereocenters. The number of hydrogen-bond donors (Lipinski definition) is 1. The van der Waals surface area contributed by atoms with E-state index in [-0.39, 0.29) is 48.0 Å². The highest BCUT2D eigenvalue weighted by molar-refractivity contribution is 5.75. The van der Waals surface area contributed by atoms with Crippen LogP contribution in [0.15, 0.2) is 53.2 Å². The first-order chi connectivity index (χ1) is 21.2. The number of alkyl halides is 3.